The van der Waals surface area contributed by atoms with Crippen molar-refractivity contribution >= 4 is 17.6 Å². The molecule has 1 aromatic rings. The largest absolute Gasteiger partial charge is 0.478 e. The van der Waals surface area contributed by atoms with E-state index in [0.29, 0.717) is 11.3 Å². The number of carboxylic acid groups (broad SMARTS) is 1. The fourth-order valence-electron chi connectivity index (χ4n) is 2.35. The lowest BCUT2D eigenvalue weighted by molar-refractivity contribution is -0.118. The van der Waals surface area contributed by atoms with Gasteiger partial charge in [-0.15, -0.1) is 0 Å². The molecule has 1 amide bonds. The van der Waals surface area contributed by atoms with Gasteiger partial charge in [-0.3, -0.25) is 4.79 Å². The van der Waals surface area contributed by atoms with E-state index in [9.17, 15) is 14.7 Å². The lowest BCUT2D eigenvalue weighted by atomic mass is 10.0. The summed E-state index contributed by atoms with van der Waals surface area (Å²) in [5.41, 5.74) is 1.17. The molecule has 0 bridgehead atoms. The quantitative estimate of drug-likeness (QED) is 0.775. The van der Waals surface area contributed by atoms with Gasteiger partial charge in [-0.1, -0.05) is 18.6 Å². The van der Waals surface area contributed by atoms with E-state index in [4.69, 9.17) is 0 Å². The number of piperidine rings is 1. The normalized spacial score (nSPS) is 18.9. The molecule has 0 spiro atoms. The fraction of sp³-hybridized carbons (Fsp3) is 0.429. The van der Waals surface area contributed by atoms with Crippen LogP contribution in [0.1, 0.15) is 35.2 Å². The van der Waals surface area contributed by atoms with Crippen LogP contribution >= 0.6 is 0 Å². The summed E-state index contributed by atoms with van der Waals surface area (Å²) in [6.07, 6.45) is 2.89. The molecular formula is C14H18N2O3. The molecule has 1 atom stereocenters. The van der Waals surface area contributed by atoms with Crippen molar-refractivity contribution in [2.75, 3.05) is 11.9 Å². The van der Waals surface area contributed by atoms with Crippen molar-refractivity contribution < 1.29 is 14.7 Å². The molecule has 1 saturated heterocycles. The molecule has 0 aromatic heterocycles. The topological polar surface area (TPSA) is 78.4 Å². The molecule has 2 rings (SSSR count). The number of aromatic carboxylic acids is 1. The smallest absolute Gasteiger partial charge is 0.338 e. The number of nitrogens with one attached hydrogen (secondary N) is 2. The van der Waals surface area contributed by atoms with Gasteiger partial charge in [0.1, 0.15) is 0 Å². The van der Waals surface area contributed by atoms with Gasteiger partial charge >= 0.3 is 5.97 Å². The number of benzene rings is 1. The number of carbonyl (C=O) groups is 2. The monoisotopic (exact) mass is 262 g/mol. The zero-order chi connectivity index (χ0) is 13.8. The summed E-state index contributed by atoms with van der Waals surface area (Å²) < 4.78 is 0. The standard InChI is InChI=1S/C14H18N2O3/c1-9-5-4-7-10(12(9)14(18)19)16-13(17)11-6-2-3-8-15-11/h4-5,7,11,15H,2-3,6,8H2,1H3,(H,16,17)(H,18,19)/t11-/m1/s1. The number of aryl methyl sites for hydroxylation is 1. The van der Waals surface area contributed by atoms with E-state index in [1.54, 1.807) is 25.1 Å². The lowest BCUT2D eigenvalue weighted by Crippen LogP contribution is -2.43. The van der Waals surface area contributed by atoms with Crippen LogP contribution in [0.15, 0.2) is 18.2 Å². The van der Waals surface area contributed by atoms with Gasteiger partial charge in [-0.05, 0) is 37.9 Å². The number of carbonyl (C=O) groups excluding carboxylic acids is 1. The molecule has 102 valence electrons. The highest BCUT2D eigenvalue weighted by atomic mass is 16.4. The predicted octanol–water partition coefficient (Wildman–Crippen LogP) is 1.77. The molecule has 1 aliphatic rings. The Hall–Kier alpha value is -1.88. The second kappa shape index (κ2) is 5.84. The maximum absolute atomic E-state index is 12.1. The molecule has 1 heterocycles. The molecule has 5 nitrogen and oxygen atoms in total. The van der Waals surface area contributed by atoms with E-state index in [-0.39, 0.29) is 17.5 Å². The molecular weight excluding hydrogens is 244 g/mol. The first kappa shape index (κ1) is 13.5. The molecule has 3 N–H and O–H groups in total. The first-order valence-corrected chi connectivity index (χ1v) is 6.47. The summed E-state index contributed by atoms with van der Waals surface area (Å²) in [5, 5.41) is 15.1. The van der Waals surface area contributed by atoms with E-state index >= 15 is 0 Å². The fourth-order valence-corrected chi connectivity index (χ4v) is 2.35. The van der Waals surface area contributed by atoms with Crippen LogP contribution in [0.3, 0.4) is 0 Å². The van der Waals surface area contributed by atoms with Crippen molar-refractivity contribution in [3.05, 3.63) is 29.3 Å². The third-order valence-electron chi connectivity index (χ3n) is 3.37. The second-order valence-corrected chi connectivity index (χ2v) is 4.79. The molecule has 19 heavy (non-hydrogen) atoms. The van der Waals surface area contributed by atoms with Gasteiger partial charge in [0.15, 0.2) is 0 Å². The van der Waals surface area contributed by atoms with E-state index in [1.807, 2.05) is 0 Å². The minimum Gasteiger partial charge on any atom is -0.478 e. The molecule has 1 aromatic carbocycles. The summed E-state index contributed by atoms with van der Waals surface area (Å²) in [7, 11) is 0. The molecule has 0 saturated carbocycles. The average molecular weight is 262 g/mol. The molecule has 5 heteroatoms. The van der Waals surface area contributed by atoms with E-state index < -0.39 is 5.97 Å². The van der Waals surface area contributed by atoms with Crippen LogP contribution in [0, 0.1) is 6.92 Å². The lowest BCUT2D eigenvalue weighted by Gasteiger charge is -2.23. The Kier molecular flexibility index (Phi) is 4.16. The van der Waals surface area contributed by atoms with Crippen molar-refractivity contribution in [1.82, 2.24) is 5.32 Å². The Bertz CT molecular complexity index is 493. The van der Waals surface area contributed by atoms with Crippen LogP contribution < -0.4 is 10.6 Å². The third kappa shape index (κ3) is 3.12. The highest BCUT2D eigenvalue weighted by Crippen LogP contribution is 2.20. The molecule has 0 unspecified atom stereocenters. The van der Waals surface area contributed by atoms with Gasteiger partial charge in [0.05, 0.1) is 17.3 Å². The van der Waals surface area contributed by atoms with Gasteiger partial charge in [0.25, 0.3) is 0 Å². The first-order chi connectivity index (χ1) is 9.09. The Morgan fingerprint density at radius 1 is 1.37 bits per heavy atom. The minimum atomic E-state index is -1.02. The van der Waals surface area contributed by atoms with Crippen molar-refractivity contribution in [3.8, 4) is 0 Å². The second-order valence-electron chi connectivity index (χ2n) is 4.79. The van der Waals surface area contributed by atoms with Crippen molar-refractivity contribution in [3.63, 3.8) is 0 Å². The van der Waals surface area contributed by atoms with E-state index in [2.05, 4.69) is 10.6 Å². The van der Waals surface area contributed by atoms with Crippen molar-refractivity contribution in [2.45, 2.75) is 32.2 Å². The summed E-state index contributed by atoms with van der Waals surface area (Å²) in [5.74, 6) is -1.18. The Balaban J connectivity index is 2.16. The van der Waals surface area contributed by atoms with E-state index in [1.165, 1.54) is 0 Å². The van der Waals surface area contributed by atoms with Gasteiger partial charge in [0, 0.05) is 0 Å². The average Bonchev–Trinajstić information content (AvgIpc) is 2.39. The minimum absolute atomic E-state index is 0.159. The molecule has 0 aliphatic carbocycles. The molecule has 1 aliphatic heterocycles. The SMILES string of the molecule is Cc1cccc(NC(=O)[C@H]2CCCCN2)c1C(=O)O. The molecule has 1 fully saturated rings. The first-order valence-electron chi connectivity index (χ1n) is 6.47. The van der Waals surface area contributed by atoms with Crippen molar-refractivity contribution in [1.29, 1.82) is 0 Å². The van der Waals surface area contributed by atoms with Crippen LogP contribution in [-0.4, -0.2) is 29.6 Å². The zero-order valence-electron chi connectivity index (χ0n) is 10.9. The van der Waals surface area contributed by atoms with Crippen LogP contribution in [0.5, 0.6) is 0 Å². The number of hydrogen-bond acceptors (Lipinski definition) is 3. The summed E-state index contributed by atoms with van der Waals surface area (Å²) in [6, 6.07) is 4.86. The Labute approximate surface area is 112 Å². The Morgan fingerprint density at radius 2 is 2.16 bits per heavy atom. The van der Waals surface area contributed by atoms with Gasteiger partial charge in [0.2, 0.25) is 5.91 Å². The number of hydrogen-bond donors (Lipinski definition) is 3. The number of rotatable bonds is 3. The van der Waals surface area contributed by atoms with Gasteiger partial charge in [-0.25, -0.2) is 4.79 Å². The third-order valence-corrected chi connectivity index (χ3v) is 3.37. The van der Waals surface area contributed by atoms with Crippen LogP contribution in [0.25, 0.3) is 0 Å². The maximum atomic E-state index is 12.1. The van der Waals surface area contributed by atoms with Gasteiger partial charge < -0.3 is 15.7 Å². The highest BCUT2D eigenvalue weighted by molar-refractivity contribution is 6.03. The van der Waals surface area contributed by atoms with Crippen LogP contribution in [0.4, 0.5) is 5.69 Å². The van der Waals surface area contributed by atoms with E-state index in [0.717, 1.165) is 25.8 Å². The number of anilines is 1. The molecule has 0 radical (unpaired) electrons. The van der Waals surface area contributed by atoms with Crippen LogP contribution in [0.2, 0.25) is 0 Å². The van der Waals surface area contributed by atoms with Crippen LogP contribution in [-0.2, 0) is 4.79 Å². The summed E-state index contributed by atoms with van der Waals surface area (Å²) in [4.78, 5) is 23.3. The maximum Gasteiger partial charge on any atom is 0.338 e. The zero-order valence-corrected chi connectivity index (χ0v) is 10.9. The van der Waals surface area contributed by atoms with Crippen molar-refractivity contribution in [2.24, 2.45) is 0 Å². The summed E-state index contributed by atoms with van der Waals surface area (Å²) in [6.45, 7) is 2.55. The predicted molar refractivity (Wildman–Crippen MR) is 72.4 cm³/mol. The van der Waals surface area contributed by atoms with Gasteiger partial charge in [-0.2, -0.15) is 0 Å². The number of carboxylic acids is 1. The Morgan fingerprint density at radius 3 is 2.79 bits per heavy atom. The number of amides is 1. The summed E-state index contributed by atoms with van der Waals surface area (Å²) >= 11 is 0. The highest BCUT2D eigenvalue weighted by Gasteiger charge is 2.22.